The lowest BCUT2D eigenvalue weighted by Crippen LogP contribution is -2.60. The number of unbranched alkanes of at least 4 members (excludes halogenated alkanes) is 3. The van der Waals surface area contributed by atoms with Crippen molar-refractivity contribution in [1.29, 1.82) is 0 Å². The van der Waals surface area contributed by atoms with E-state index in [1.807, 2.05) is 0 Å². The van der Waals surface area contributed by atoms with Crippen LogP contribution < -0.4 is 126 Å². The van der Waals surface area contributed by atoms with Gasteiger partial charge in [0.25, 0.3) is 0 Å². The summed E-state index contributed by atoms with van der Waals surface area (Å²) < 4.78 is 39.5. The third-order valence-corrected chi connectivity index (χ3v) is 17.8. The molecule has 0 saturated carbocycles. The standard InChI is InChI=1S/C71H119F3N28O15S/c1-39(2)31-50(94-55(105)36-89-58(108)44(93-41(4)103)19-8-11-25-75)65(115)98-47(22-14-28-86-68(78)79)61(111)96-46(21-10-13-27-85-67(117)71(72,73)74)62(112)100-51(32-42-17-6-5-7-18-42)59(109)90-35-54(104)92-40(3)57(107)95-45(20-9-12-26-76)60(110)97-48(23-15-29-87-69(80)81)63(113)101-52(33-43-34-84-38-91-43)66(116)99-49(24-16-30-88-70(82)83)64(114)102-53(37-118)56(77)106/h5-7,17-18,34,38-40,44-53,118H,8-16,19-33,35-37,75-76H2,1-4H3,(H2,77,106)(H,84,91)(H,85,117)(H,89,108)(H,90,109)(H,92,104)(H,93,103)(H,94,105)(H,95,107)(H,96,111)(H,97,110)(H,98,115)(H,99,116)(H,100,112)(H,101,113)(H,102,114)(H4,78,79,86)(H4,80,81,87)(H4,82,83,88)/t40-,44-,45-,46-,47-,48-,49-,50-,51-,52-,53-/m0/s1. The number of benzene rings is 1. The number of aromatic nitrogens is 2. The number of carbonyl (C=O) groups excluding carboxylic acids is 15. The monoisotopic (exact) mass is 1690 g/mol. The molecule has 0 saturated heterocycles. The Morgan fingerprint density at radius 2 is 0.814 bits per heavy atom. The molecule has 0 fully saturated rings. The fourth-order valence-electron chi connectivity index (χ4n) is 11.3. The molecular formula is C71H119F3N28O15S. The van der Waals surface area contributed by atoms with Crippen molar-refractivity contribution in [1.82, 2.24) is 84.4 Å². The van der Waals surface area contributed by atoms with Gasteiger partial charge in [0.15, 0.2) is 17.9 Å². The number of hydrogen-bond donors (Lipinski definition) is 25. The van der Waals surface area contributed by atoms with Crippen LogP contribution in [0.2, 0.25) is 0 Å². The highest BCUT2D eigenvalue weighted by molar-refractivity contribution is 7.80. The summed E-state index contributed by atoms with van der Waals surface area (Å²) in [4.78, 5) is 224. The van der Waals surface area contributed by atoms with E-state index in [0.29, 0.717) is 37.1 Å². The van der Waals surface area contributed by atoms with Gasteiger partial charge in [0.05, 0.1) is 19.4 Å². The van der Waals surface area contributed by atoms with Crippen LogP contribution in [-0.2, 0) is 84.8 Å². The summed E-state index contributed by atoms with van der Waals surface area (Å²) in [5.41, 5.74) is 50.8. The van der Waals surface area contributed by atoms with Gasteiger partial charge < -0.3 is 131 Å². The largest absolute Gasteiger partial charge is 0.471 e. The highest BCUT2D eigenvalue weighted by Crippen LogP contribution is 2.16. The van der Waals surface area contributed by atoms with E-state index in [1.165, 1.54) is 26.4 Å². The Balaban J connectivity index is 2.54. The zero-order chi connectivity index (χ0) is 88.5. The lowest BCUT2D eigenvalue weighted by atomic mass is 10.0. The number of nitrogens with zero attached hydrogens (tertiary/aromatic N) is 4. The summed E-state index contributed by atoms with van der Waals surface area (Å²) in [6.07, 6.45) is -2.42. The summed E-state index contributed by atoms with van der Waals surface area (Å²) in [6, 6.07) is -7.62. The molecule has 47 heteroatoms. The van der Waals surface area contributed by atoms with Crippen molar-refractivity contribution in [3.05, 3.63) is 54.1 Å². The molecule has 1 heterocycles. The third-order valence-electron chi connectivity index (χ3n) is 17.4. The summed E-state index contributed by atoms with van der Waals surface area (Å²) in [5.74, 6) is -16.1. The van der Waals surface area contributed by atoms with E-state index in [1.54, 1.807) is 49.5 Å². The van der Waals surface area contributed by atoms with Gasteiger partial charge in [-0.3, -0.25) is 86.9 Å². The summed E-state index contributed by atoms with van der Waals surface area (Å²) >= 11 is 4.08. The van der Waals surface area contributed by atoms with Gasteiger partial charge in [0.2, 0.25) is 82.7 Å². The molecule has 2 rings (SSSR count). The van der Waals surface area contributed by atoms with E-state index in [9.17, 15) is 85.1 Å². The van der Waals surface area contributed by atoms with Gasteiger partial charge in [0, 0.05) is 63.6 Å². The van der Waals surface area contributed by atoms with E-state index >= 15 is 0 Å². The number of rotatable bonds is 58. The van der Waals surface area contributed by atoms with Gasteiger partial charge in [-0.2, -0.15) is 25.8 Å². The van der Waals surface area contributed by atoms with Crippen LogP contribution >= 0.6 is 12.6 Å². The fraction of sp³-hybridized carbons (Fsp3) is 0.620. The molecule has 11 atom stereocenters. The van der Waals surface area contributed by atoms with E-state index in [-0.39, 0.29) is 152 Å². The van der Waals surface area contributed by atoms with Crippen LogP contribution in [-0.4, -0.2) is 247 Å². The van der Waals surface area contributed by atoms with Crippen molar-refractivity contribution < 1.29 is 85.1 Å². The maximum Gasteiger partial charge on any atom is 0.471 e. The maximum atomic E-state index is 14.7. The van der Waals surface area contributed by atoms with Crippen LogP contribution in [0.15, 0.2) is 57.8 Å². The number of aliphatic imine (C=N–C) groups is 3. The van der Waals surface area contributed by atoms with Crippen molar-refractivity contribution in [2.24, 2.45) is 72.5 Å². The van der Waals surface area contributed by atoms with Crippen molar-refractivity contribution >= 4 is 119 Å². The molecule has 1 aromatic heterocycles. The molecule has 0 aliphatic heterocycles. The molecule has 0 aliphatic carbocycles. The zero-order valence-corrected chi connectivity index (χ0v) is 67.6. The van der Waals surface area contributed by atoms with E-state index < -0.39 is 181 Å². The number of primary amides is 1. The predicted molar refractivity (Wildman–Crippen MR) is 432 cm³/mol. The molecular weight excluding hydrogens is 1570 g/mol. The maximum absolute atomic E-state index is 14.7. The predicted octanol–water partition coefficient (Wildman–Crippen LogP) is -7.47. The lowest BCUT2D eigenvalue weighted by Gasteiger charge is -2.27. The molecule has 118 heavy (non-hydrogen) atoms. The van der Waals surface area contributed by atoms with Crippen molar-refractivity contribution in [3.8, 4) is 0 Å². The number of aromatic amines is 1. The quantitative estimate of drug-likeness (QED) is 0.0127. The number of alkyl halides is 3. The molecule has 0 bridgehead atoms. The molecule has 15 amide bonds. The van der Waals surface area contributed by atoms with Crippen molar-refractivity contribution in [2.75, 3.05) is 58.1 Å². The molecule has 1 aromatic carbocycles. The lowest BCUT2D eigenvalue weighted by molar-refractivity contribution is -0.173. The number of H-pyrrole nitrogens is 1. The van der Waals surface area contributed by atoms with Crippen molar-refractivity contribution in [3.63, 3.8) is 0 Å². The average molecular weight is 1690 g/mol. The molecule has 0 spiro atoms. The molecule has 660 valence electrons. The van der Waals surface area contributed by atoms with Gasteiger partial charge in [-0.05, 0) is 134 Å². The smallest absolute Gasteiger partial charge is 0.370 e. The Labute approximate surface area is 686 Å². The summed E-state index contributed by atoms with van der Waals surface area (Å²) in [7, 11) is 0. The normalized spacial score (nSPS) is 13.9. The molecule has 33 N–H and O–H groups in total. The molecule has 2 aromatic rings. The Kier molecular flexibility index (Phi) is 48.5. The molecule has 43 nitrogen and oxygen atoms in total. The van der Waals surface area contributed by atoms with Crippen LogP contribution in [0.1, 0.15) is 142 Å². The number of imidazole rings is 1. The van der Waals surface area contributed by atoms with Crippen LogP contribution in [0, 0.1) is 5.92 Å². The number of amides is 15. The Morgan fingerprint density at radius 1 is 0.441 bits per heavy atom. The number of hydrogen-bond acceptors (Lipinski definition) is 22. The summed E-state index contributed by atoms with van der Waals surface area (Å²) in [6.45, 7) is 4.25. The van der Waals surface area contributed by atoms with Gasteiger partial charge in [0.1, 0.15) is 66.5 Å². The number of carbonyl (C=O) groups is 15. The molecule has 0 unspecified atom stereocenters. The number of nitrogens with two attached hydrogens (primary N) is 9. The summed E-state index contributed by atoms with van der Waals surface area (Å²) in [5, 5.41) is 34.7. The van der Waals surface area contributed by atoms with Crippen molar-refractivity contribution in [2.45, 2.75) is 216 Å². The Bertz CT molecular complexity index is 3670. The molecule has 0 radical (unpaired) electrons. The Morgan fingerprint density at radius 3 is 1.20 bits per heavy atom. The van der Waals surface area contributed by atoms with E-state index in [0.717, 1.165) is 0 Å². The SMILES string of the molecule is CC(=O)N[C@@H](CCCCN)C(=O)NCC(=O)N[C@@H](CC(C)C)C(=O)N[C@@H](CCCN=C(N)N)C(=O)N[C@@H](CCCCNC(=O)C(F)(F)F)C(=O)N[C@@H](Cc1ccccc1)C(=O)NCC(=O)N[C@@H](C)C(=O)N[C@@H](CCCCN)C(=O)N[C@@H](CCCN=C(N)N)C(=O)N[C@@H](Cc1cnc[nH]1)C(=O)N[C@@H](CCCN=C(N)N)C(=O)N[C@@H](CS)C(N)=O. The number of nitrogens with one attached hydrogen (secondary N) is 15. The fourth-order valence-corrected chi connectivity index (χ4v) is 11.6. The topological polar surface area (TPSA) is 724 Å². The first-order valence-corrected chi connectivity index (χ1v) is 39.1. The highest BCUT2D eigenvalue weighted by atomic mass is 32.1. The number of guanidine groups is 3. The zero-order valence-electron chi connectivity index (χ0n) is 66.8. The number of thiol groups is 1. The van der Waals surface area contributed by atoms with Gasteiger partial charge in [-0.1, -0.05) is 44.2 Å². The first kappa shape index (κ1) is 102. The van der Waals surface area contributed by atoms with Crippen LogP contribution in [0.25, 0.3) is 0 Å². The second-order valence-electron chi connectivity index (χ2n) is 27.9. The van der Waals surface area contributed by atoms with Gasteiger partial charge in [-0.15, -0.1) is 0 Å². The van der Waals surface area contributed by atoms with Crippen LogP contribution in [0.4, 0.5) is 13.2 Å². The Hall–Kier alpha value is -11.6. The molecule has 0 aliphatic rings. The number of halogens is 3. The van der Waals surface area contributed by atoms with Crippen LogP contribution in [0.5, 0.6) is 0 Å². The highest BCUT2D eigenvalue weighted by Gasteiger charge is 2.39. The second kappa shape index (κ2) is 55.8. The van der Waals surface area contributed by atoms with Gasteiger partial charge in [-0.25, -0.2) is 4.98 Å². The first-order chi connectivity index (χ1) is 55.8. The van der Waals surface area contributed by atoms with Crippen LogP contribution in [0.3, 0.4) is 0 Å². The second-order valence-corrected chi connectivity index (χ2v) is 28.3. The first-order valence-electron chi connectivity index (χ1n) is 38.5. The minimum Gasteiger partial charge on any atom is -0.370 e. The van der Waals surface area contributed by atoms with E-state index in [4.69, 9.17) is 51.6 Å². The average Bonchev–Trinajstić information content (AvgIpc) is 0.971. The van der Waals surface area contributed by atoms with E-state index in [2.05, 4.69) is 107 Å². The minimum atomic E-state index is -5.23. The van der Waals surface area contributed by atoms with Gasteiger partial charge >= 0.3 is 12.1 Å². The third kappa shape index (κ3) is 43.3. The minimum absolute atomic E-state index is 0.0130.